The lowest BCUT2D eigenvalue weighted by atomic mass is 9.96. The molecule has 1 amide bonds. The van der Waals surface area contributed by atoms with Crippen molar-refractivity contribution in [3.8, 4) is 22.9 Å². The number of aromatic nitrogens is 2. The third-order valence-electron chi connectivity index (χ3n) is 7.21. The van der Waals surface area contributed by atoms with Crippen molar-refractivity contribution in [3.05, 3.63) is 64.0 Å². The molecule has 2 aromatic heterocycles. The van der Waals surface area contributed by atoms with Gasteiger partial charge in [-0.1, -0.05) is 23.2 Å². The molecule has 2 aliphatic heterocycles. The Bertz CT molecular complexity index is 1330. The summed E-state index contributed by atoms with van der Waals surface area (Å²) >= 11 is 12.6. The van der Waals surface area contributed by atoms with E-state index in [0.29, 0.717) is 59.5 Å². The maximum Gasteiger partial charge on any atom is 0.220 e. The molecule has 40 heavy (non-hydrogen) atoms. The highest BCUT2D eigenvalue weighted by Crippen LogP contribution is 2.31. The number of carbonyl (C=O) groups excluding carboxylic acids is 1. The number of anilines is 1. The van der Waals surface area contributed by atoms with Crippen molar-refractivity contribution in [2.45, 2.75) is 26.3 Å². The van der Waals surface area contributed by atoms with Crippen molar-refractivity contribution in [3.63, 3.8) is 0 Å². The molecule has 2 aliphatic rings. The molecule has 0 radical (unpaired) electrons. The Kier molecular flexibility index (Phi) is 9.36. The fraction of sp³-hybridized carbons (Fsp3) is 0.414. The van der Waals surface area contributed by atoms with E-state index in [2.05, 4.69) is 20.5 Å². The minimum absolute atomic E-state index is 0.00825. The van der Waals surface area contributed by atoms with Crippen LogP contribution in [0, 0.1) is 11.7 Å². The minimum atomic E-state index is -0.431. The van der Waals surface area contributed by atoms with E-state index in [0.717, 1.165) is 50.1 Å². The number of benzene rings is 1. The maximum absolute atomic E-state index is 15.0. The SMILES string of the molecule is CC(=O)NCC1CCN(Cc2cc(Oc3cnc(N4CCNCC4)c(F)c3)nc(-c3cc(Cl)cc(Cl)c3)c2)CC1. The zero-order chi connectivity index (χ0) is 28.1. The Hall–Kier alpha value is -2.98. The predicted octanol–water partition coefficient (Wildman–Crippen LogP) is 5.14. The van der Waals surface area contributed by atoms with E-state index < -0.39 is 5.82 Å². The molecule has 0 aliphatic carbocycles. The Labute approximate surface area is 243 Å². The van der Waals surface area contributed by atoms with Gasteiger partial charge in [-0.05, 0) is 61.7 Å². The highest BCUT2D eigenvalue weighted by Gasteiger charge is 2.21. The molecule has 4 heterocycles. The van der Waals surface area contributed by atoms with E-state index in [1.165, 1.54) is 12.3 Å². The molecule has 0 saturated carbocycles. The van der Waals surface area contributed by atoms with Gasteiger partial charge in [0.05, 0.1) is 11.9 Å². The van der Waals surface area contributed by atoms with Crippen LogP contribution >= 0.6 is 23.2 Å². The second-order valence-corrected chi connectivity index (χ2v) is 11.2. The van der Waals surface area contributed by atoms with Crippen LogP contribution in [0.3, 0.4) is 0 Å². The zero-order valence-corrected chi connectivity index (χ0v) is 23.9. The lowest BCUT2D eigenvalue weighted by Crippen LogP contribution is -2.44. The Morgan fingerprint density at radius 3 is 2.48 bits per heavy atom. The van der Waals surface area contributed by atoms with Crippen LogP contribution in [0.15, 0.2) is 42.6 Å². The van der Waals surface area contributed by atoms with Gasteiger partial charge in [-0.2, -0.15) is 0 Å². The summed E-state index contributed by atoms with van der Waals surface area (Å²) in [6.07, 6.45) is 3.55. The summed E-state index contributed by atoms with van der Waals surface area (Å²) in [6, 6.07) is 10.5. The van der Waals surface area contributed by atoms with E-state index in [1.54, 1.807) is 25.1 Å². The molecule has 1 aromatic carbocycles. The first-order valence-corrected chi connectivity index (χ1v) is 14.3. The summed E-state index contributed by atoms with van der Waals surface area (Å²) < 4.78 is 21.1. The molecule has 2 N–H and O–H groups in total. The normalized spacial score (nSPS) is 16.6. The number of amides is 1. The van der Waals surface area contributed by atoms with Gasteiger partial charge in [0, 0.05) is 73.9 Å². The van der Waals surface area contributed by atoms with Crippen molar-refractivity contribution in [2.24, 2.45) is 5.92 Å². The third kappa shape index (κ3) is 7.60. The summed E-state index contributed by atoms with van der Waals surface area (Å²) in [7, 11) is 0. The molecule has 0 unspecified atom stereocenters. The van der Waals surface area contributed by atoms with Gasteiger partial charge in [-0.25, -0.2) is 14.4 Å². The second-order valence-electron chi connectivity index (χ2n) is 10.3. The van der Waals surface area contributed by atoms with Crippen LogP contribution in [0.4, 0.5) is 10.2 Å². The molecular weight excluding hydrogens is 554 g/mol. The number of ether oxygens (including phenoxy) is 1. The first kappa shape index (κ1) is 28.5. The number of piperidine rings is 1. The largest absolute Gasteiger partial charge is 0.437 e. The predicted molar refractivity (Wildman–Crippen MR) is 156 cm³/mol. The summed E-state index contributed by atoms with van der Waals surface area (Å²) in [6.45, 7) is 7.78. The second kappa shape index (κ2) is 13.1. The van der Waals surface area contributed by atoms with Crippen LogP contribution < -0.4 is 20.3 Å². The van der Waals surface area contributed by atoms with E-state index in [1.807, 2.05) is 17.0 Å². The highest BCUT2D eigenvalue weighted by molar-refractivity contribution is 6.35. The average Bonchev–Trinajstić information content (AvgIpc) is 2.92. The van der Waals surface area contributed by atoms with Crippen LogP contribution in [0.5, 0.6) is 11.6 Å². The number of nitrogens with zero attached hydrogens (tertiary/aromatic N) is 4. The van der Waals surface area contributed by atoms with Gasteiger partial charge in [0.25, 0.3) is 0 Å². The van der Waals surface area contributed by atoms with E-state index >= 15 is 4.39 Å². The van der Waals surface area contributed by atoms with Gasteiger partial charge in [0.15, 0.2) is 17.4 Å². The van der Waals surface area contributed by atoms with E-state index in [-0.39, 0.29) is 11.7 Å². The molecular formula is C29H33Cl2FN6O2. The van der Waals surface area contributed by atoms with Crippen LogP contribution in [0.2, 0.25) is 10.0 Å². The third-order valence-corrected chi connectivity index (χ3v) is 7.65. The van der Waals surface area contributed by atoms with Crippen LogP contribution in [-0.4, -0.2) is 66.6 Å². The fourth-order valence-corrected chi connectivity index (χ4v) is 5.67. The summed E-state index contributed by atoms with van der Waals surface area (Å²) in [5.74, 6) is 0.988. The van der Waals surface area contributed by atoms with E-state index in [4.69, 9.17) is 32.9 Å². The van der Waals surface area contributed by atoms with Gasteiger partial charge in [-0.15, -0.1) is 0 Å². The summed E-state index contributed by atoms with van der Waals surface area (Å²) in [4.78, 5) is 24.6. The molecule has 2 saturated heterocycles. The molecule has 0 spiro atoms. The van der Waals surface area contributed by atoms with Crippen molar-refractivity contribution in [2.75, 3.05) is 50.7 Å². The Morgan fingerprint density at radius 1 is 1.07 bits per heavy atom. The average molecular weight is 588 g/mol. The lowest BCUT2D eigenvalue weighted by molar-refractivity contribution is -0.119. The number of halogens is 3. The van der Waals surface area contributed by atoms with Crippen molar-refractivity contribution in [1.82, 2.24) is 25.5 Å². The molecule has 0 bridgehead atoms. The first-order chi connectivity index (χ1) is 19.3. The van der Waals surface area contributed by atoms with E-state index in [9.17, 15) is 4.79 Å². The monoisotopic (exact) mass is 586 g/mol. The number of rotatable bonds is 8. The fourth-order valence-electron chi connectivity index (χ4n) is 5.15. The van der Waals surface area contributed by atoms with Crippen molar-refractivity contribution >= 4 is 34.9 Å². The van der Waals surface area contributed by atoms with Gasteiger partial charge < -0.3 is 20.3 Å². The number of hydrogen-bond acceptors (Lipinski definition) is 7. The standard InChI is InChI=1S/C29H33Cl2FN6O2/c1-19(39)34-16-20-2-6-37(7-3-20)18-21-10-27(22-12-23(30)14-24(31)13-22)36-28(11-21)40-25-15-26(32)29(35-17-25)38-8-4-33-5-9-38/h10-15,17,20,33H,2-9,16,18H2,1H3,(H,34,39). The highest BCUT2D eigenvalue weighted by atomic mass is 35.5. The Morgan fingerprint density at radius 2 is 1.80 bits per heavy atom. The van der Waals surface area contributed by atoms with Gasteiger partial charge in [0.1, 0.15) is 0 Å². The van der Waals surface area contributed by atoms with Crippen molar-refractivity contribution in [1.29, 1.82) is 0 Å². The molecule has 0 atom stereocenters. The quantitative estimate of drug-likeness (QED) is 0.378. The minimum Gasteiger partial charge on any atom is -0.437 e. The Balaban J connectivity index is 1.36. The van der Waals surface area contributed by atoms with Gasteiger partial charge in [-0.3, -0.25) is 9.69 Å². The van der Waals surface area contributed by atoms with Gasteiger partial charge in [0.2, 0.25) is 11.8 Å². The van der Waals surface area contributed by atoms with Crippen LogP contribution in [0.1, 0.15) is 25.3 Å². The molecule has 8 nitrogen and oxygen atoms in total. The number of pyridine rings is 2. The zero-order valence-electron chi connectivity index (χ0n) is 22.4. The topological polar surface area (TPSA) is 82.6 Å². The summed E-state index contributed by atoms with van der Waals surface area (Å²) in [5, 5.41) is 7.21. The summed E-state index contributed by atoms with van der Waals surface area (Å²) in [5.41, 5.74) is 2.42. The number of carbonyl (C=O) groups is 1. The number of piperazine rings is 1. The molecule has 212 valence electrons. The van der Waals surface area contributed by atoms with Crippen molar-refractivity contribution < 1.29 is 13.9 Å². The molecule has 3 aromatic rings. The lowest BCUT2D eigenvalue weighted by Gasteiger charge is -2.32. The molecule has 2 fully saturated rings. The number of nitrogens with one attached hydrogen (secondary N) is 2. The maximum atomic E-state index is 15.0. The van der Waals surface area contributed by atoms with Crippen LogP contribution in [0.25, 0.3) is 11.3 Å². The smallest absolute Gasteiger partial charge is 0.220 e. The molecule has 11 heteroatoms. The molecule has 5 rings (SSSR count). The van der Waals surface area contributed by atoms with Gasteiger partial charge >= 0.3 is 0 Å². The number of likely N-dealkylation sites (tertiary alicyclic amines) is 1. The van der Waals surface area contributed by atoms with Crippen LogP contribution in [-0.2, 0) is 11.3 Å². The first-order valence-electron chi connectivity index (χ1n) is 13.6. The number of hydrogen-bond donors (Lipinski definition) is 2.